The maximum atomic E-state index is 13.1. The number of carboxylic acids is 1. The maximum absolute atomic E-state index is 13.1. The Morgan fingerprint density at radius 3 is 2.71 bits per heavy atom. The van der Waals surface area contributed by atoms with E-state index in [4.69, 9.17) is 5.11 Å². The Morgan fingerprint density at radius 1 is 1.43 bits per heavy atom. The summed E-state index contributed by atoms with van der Waals surface area (Å²) in [7, 11) is 0. The fraction of sp³-hybridized carbons (Fsp3) is 0.333. The number of aliphatic carboxylic acids is 1. The molecule has 0 bridgehead atoms. The van der Waals surface area contributed by atoms with Crippen LogP contribution in [0.2, 0.25) is 0 Å². The van der Waals surface area contributed by atoms with E-state index in [1.807, 2.05) is 0 Å². The molecule has 1 fully saturated rings. The van der Waals surface area contributed by atoms with Gasteiger partial charge in [0.2, 0.25) is 5.91 Å². The Kier molecular flexibility index (Phi) is 5.90. The Bertz CT molecular complexity index is 574. The summed E-state index contributed by atoms with van der Waals surface area (Å²) < 4.78 is 13.1. The number of halogens is 2. The van der Waals surface area contributed by atoms with Crippen LogP contribution in [0.4, 0.5) is 4.39 Å². The Hall–Kier alpha value is -1.88. The fourth-order valence-corrected chi connectivity index (χ4v) is 2.26. The summed E-state index contributed by atoms with van der Waals surface area (Å²) in [5.74, 6) is -1.93. The van der Waals surface area contributed by atoms with Crippen molar-refractivity contribution in [2.24, 2.45) is 5.92 Å². The molecule has 1 aromatic carbocycles. The zero-order valence-corrected chi connectivity index (χ0v) is 12.4. The number of carboxylic acid groups (broad SMARTS) is 1. The van der Waals surface area contributed by atoms with E-state index >= 15 is 0 Å². The van der Waals surface area contributed by atoms with E-state index in [2.05, 4.69) is 0 Å². The molecule has 114 valence electrons. The van der Waals surface area contributed by atoms with E-state index in [0.717, 1.165) is 0 Å². The van der Waals surface area contributed by atoms with Crippen molar-refractivity contribution in [1.82, 2.24) is 4.90 Å². The summed E-state index contributed by atoms with van der Waals surface area (Å²) >= 11 is 0. The van der Waals surface area contributed by atoms with Crippen LogP contribution in [-0.4, -0.2) is 35.0 Å². The van der Waals surface area contributed by atoms with Gasteiger partial charge >= 0.3 is 5.97 Å². The number of hydrogen-bond acceptors (Lipinski definition) is 2. The molecule has 1 atom stereocenters. The molecule has 2 rings (SSSR count). The van der Waals surface area contributed by atoms with E-state index < -0.39 is 11.9 Å². The SMILES string of the molecule is C/C(=C\C(=O)N1CCC(C(=O)O)C1)c1cccc(F)c1.Cl. The largest absolute Gasteiger partial charge is 0.481 e. The molecule has 6 heteroatoms. The van der Waals surface area contributed by atoms with Gasteiger partial charge in [0.25, 0.3) is 0 Å². The minimum atomic E-state index is -0.869. The first-order valence-electron chi connectivity index (χ1n) is 6.43. The molecule has 4 nitrogen and oxygen atoms in total. The van der Waals surface area contributed by atoms with Crippen molar-refractivity contribution >= 4 is 29.9 Å². The Labute approximate surface area is 128 Å². The lowest BCUT2D eigenvalue weighted by Gasteiger charge is -2.14. The lowest BCUT2D eigenvalue weighted by Crippen LogP contribution is -2.28. The van der Waals surface area contributed by atoms with E-state index in [1.165, 1.54) is 23.1 Å². The molecule has 21 heavy (non-hydrogen) atoms. The third kappa shape index (κ3) is 4.29. The van der Waals surface area contributed by atoms with Gasteiger partial charge < -0.3 is 10.0 Å². The zero-order chi connectivity index (χ0) is 14.7. The first-order chi connectivity index (χ1) is 9.47. The van der Waals surface area contributed by atoms with E-state index in [-0.39, 0.29) is 30.7 Å². The summed E-state index contributed by atoms with van der Waals surface area (Å²) in [6, 6.07) is 6.02. The second kappa shape index (κ2) is 7.22. The highest BCUT2D eigenvalue weighted by Crippen LogP contribution is 2.19. The average Bonchev–Trinajstić information content (AvgIpc) is 2.88. The molecular formula is C15H17ClFNO3. The zero-order valence-electron chi connectivity index (χ0n) is 11.6. The molecule has 0 saturated carbocycles. The lowest BCUT2D eigenvalue weighted by atomic mass is 10.1. The van der Waals surface area contributed by atoms with Gasteiger partial charge in [-0.1, -0.05) is 12.1 Å². The van der Waals surface area contributed by atoms with Crippen LogP contribution in [-0.2, 0) is 9.59 Å². The van der Waals surface area contributed by atoms with Crippen LogP contribution in [0.1, 0.15) is 18.9 Å². The number of benzene rings is 1. The van der Waals surface area contributed by atoms with Crippen molar-refractivity contribution in [2.75, 3.05) is 13.1 Å². The van der Waals surface area contributed by atoms with Crippen molar-refractivity contribution in [3.63, 3.8) is 0 Å². The summed E-state index contributed by atoms with van der Waals surface area (Å²) in [6.45, 7) is 2.42. The van der Waals surface area contributed by atoms with Crippen LogP contribution in [0.3, 0.4) is 0 Å². The normalized spacial score (nSPS) is 18.3. The van der Waals surface area contributed by atoms with Crippen molar-refractivity contribution in [1.29, 1.82) is 0 Å². The molecule has 1 aliphatic rings. The quantitative estimate of drug-likeness (QED) is 0.873. The highest BCUT2D eigenvalue weighted by atomic mass is 35.5. The number of allylic oxidation sites excluding steroid dienone is 1. The number of nitrogens with zero attached hydrogens (tertiary/aromatic N) is 1. The lowest BCUT2D eigenvalue weighted by molar-refractivity contribution is -0.141. The molecule has 1 unspecified atom stereocenters. The van der Waals surface area contributed by atoms with Crippen molar-refractivity contribution in [3.8, 4) is 0 Å². The number of rotatable bonds is 3. The second-order valence-electron chi connectivity index (χ2n) is 4.95. The minimum absolute atomic E-state index is 0. The van der Waals surface area contributed by atoms with Gasteiger partial charge in [-0.3, -0.25) is 9.59 Å². The smallest absolute Gasteiger partial charge is 0.308 e. The highest BCUT2D eigenvalue weighted by molar-refractivity contribution is 5.95. The monoisotopic (exact) mass is 313 g/mol. The molecule has 0 radical (unpaired) electrons. The Morgan fingerprint density at radius 2 is 2.14 bits per heavy atom. The van der Waals surface area contributed by atoms with E-state index in [0.29, 0.717) is 24.1 Å². The van der Waals surface area contributed by atoms with Crippen molar-refractivity contribution in [3.05, 3.63) is 41.7 Å². The van der Waals surface area contributed by atoms with Gasteiger partial charge in [-0.15, -0.1) is 12.4 Å². The molecule has 0 aliphatic carbocycles. The van der Waals surface area contributed by atoms with Gasteiger partial charge in [0.05, 0.1) is 5.92 Å². The van der Waals surface area contributed by atoms with Crippen LogP contribution in [0.15, 0.2) is 30.3 Å². The summed E-state index contributed by atoms with van der Waals surface area (Å²) in [4.78, 5) is 24.4. The molecular weight excluding hydrogens is 297 g/mol. The van der Waals surface area contributed by atoms with E-state index in [9.17, 15) is 14.0 Å². The van der Waals surface area contributed by atoms with Gasteiger partial charge in [0, 0.05) is 19.2 Å². The van der Waals surface area contributed by atoms with Crippen molar-refractivity contribution in [2.45, 2.75) is 13.3 Å². The summed E-state index contributed by atoms with van der Waals surface area (Å²) in [6.07, 6.45) is 1.91. The highest BCUT2D eigenvalue weighted by Gasteiger charge is 2.29. The molecule has 1 aromatic rings. The predicted octanol–water partition coefficient (Wildman–Crippen LogP) is 2.58. The average molecular weight is 314 g/mol. The number of amides is 1. The van der Waals surface area contributed by atoms with Crippen LogP contribution in [0.5, 0.6) is 0 Å². The third-order valence-corrected chi connectivity index (χ3v) is 3.47. The predicted molar refractivity (Wildman–Crippen MR) is 79.6 cm³/mol. The van der Waals surface area contributed by atoms with Crippen LogP contribution in [0.25, 0.3) is 5.57 Å². The molecule has 1 N–H and O–H groups in total. The molecule has 1 amide bonds. The van der Waals surface area contributed by atoms with Crippen LogP contribution >= 0.6 is 12.4 Å². The summed E-state index contributed by atoms with van der Waals surface area (Å²) in [5, 5.41) is 8.91. The van der Waals surface area contributed by atoms with Gasteiger partial charge in [-0.2, -0.15) is 0 Å². The van der Waals surface area contributed by atoms with Gasteiger partial charge in [-0.05, 0) is 36.6 Å². The molecule has 1 heterocycles. The topological polar surface area (TPSA) is 57.6 Å². The summed E-state index contributed by atoms with van der Waals surface area (Å²) in [5.41, 5.74) is 1.31. The minimum Gasteiger partial charge on any atom is -0.481 e. The first-order valence-corrected chi connectivity index (χ1v) is 6.43. The molecule has 0 aromatic heterocycles. The Balaban J connectivity index is 0.00000220. The van der Waals surface area contributed by atoms with Crippen LogP contribution in [0, 0.1) is 11.7 Å². The number of hydrogen-bond donors (Lipinski definition) is 1. The third-order valence-electron chi connectivity index (χ3n) is 3.47. The molecule has 1 saturated heterocycles. The van der Waals surface area contributed by atoms with Crippen molar-refractivity contribution < 1.29 is 19.1 Å². The first kappa shape index (κ1) is 17.2. The van der Waals surface area contributed by atoms with E-state index in [1.54, 1.807) is 19.1 Å². The second-order valence-corrected chi connectivity index (χ2v) is 4.95. The van der Waals surface area contributed by atoms with Gasteiger partial charge in [0.1, 0.15) is 5.82 Å². The molecule has 0 spiro atoms. The number of likely N-dealkylation sites (tertiary alicyclic amines) is 1. The fourth-order valence-electron chi connectivity index (χ4n) is 2.26. The molecule has 1 aliphatic heterocycles. The van der Waals surface area contributed by atoms with Crippen LogP contribution < -0.4 is 0 Å². The number of carbonyl (C=O) groups excluding carboxylic acids is 1. The van der Waals surface area contributed by atoms with Gasteiger partial charge in [-0.25, -0.2) is 4.39 Å². The van der Waals surface area contributed by atoms with Gasteiger partial charge in [0.15, 0.2) is 0 Å². The maximum Gasteiger partial charge on any atom is 0.308 e. The number of carbonyl (C=O) groups is 2. The standard InChI is InChI=1S/C15H16FNO3.ClH/c1-10(11-3-2-4-13(16)8-11)7-14(18)17-6-5-12(9-17)15(19)20;/h2-4,7-8,12H,5-6,9H2,1H3,(H,19,20);1H/b10-7+;.